The Morgan fingerprint density at radius 1 is 0.914 bits per heavy atom. The Bertz CT molecular complexity index is 1250. The predicted octanol–water partition coefficient (Wildman–Crippen LogP) is 4.43. The molecule has 0 unspecified atom stereocenters. The number of H-pyrrole nitrogens is 1. The summed E-state index contributed by atoms with van der Waals surface area (Å²) in [4.78, 5) is 34.4. The summed E-state index contributed by atoms with van der Waals surface area (Å²) >= 11 is 0. The number of amides is 2. The number of hydrogen-bond acceptors (Lipinski definition) is 4. The maximum absolute atomic E-state index is 13.5. The minimum atomic E-state index is -0.716. The monoisotopic (exact) mass is 470 g/mol. The molecular formula is C28H30N4O3. The lowest BCUT2D eigenvalue weighted by Gasteiger charge is -2.25. The topological polar surface area (TPSA) is 96.1 Å². The Kier molecular flexibility index (Phi) is 7.45. The molecule has 35 heavy (non-hydrogen) atoms. The molecule has 0 fully saturated rings. The molecule has 3 N–H and O–H groups in total. The fraction of sp³-hybridized carbons (Fsp3) is 0.250. The lowest BCUT2D eigenvalue weighted by atomic mass is 10.0. The van der Waals surface area contributed by atoms with Crippen LogP contribution in [-0.2, 0) is 11.2 Å². The van der Waals surface area contributed by atoms with E-state index < -0.39 is 12.1 Å². The van der Waals surface area contributed by atoms with Gasteiger partial charge in [-0.15, -0.1) is 0 Å². The lowest BCUT2D eigenvalue weighted by Crippen LogP contribution is -2.50. The van der Waals surface area contributed by atoms with E-state index in [-0.39, 0.29) is 17.7 Å². The van der Waals surface area contributed by atoms with Gasteiger partial charge in [-0.25, -0.2) is 4.98 Å². The highest BCUT2D eigenvalue weighted by Gasteiger charge is 2.28. The molecule has 7 heteroatoms. The average Bonchev–Trinajstić information content (AvgIpc) is 3.31. The average molecular weight is 471 g/mol. The Hall–Kier alpha value is -4.13. The number of ether oxygens (including phenoxy) is 1. The summed E-state index contributed by atoms with van der Waals surface area (Å²) in [5, 5.41) is 6.03. The van der Waals surface area contributed by atoms with Crippen molar-refractivity contribution in [3.63, 3.8) is 0 Å². The van der Waals surface area contributed by atoms with Gasteiger partial charge in [0.2, 0.25) is 5.91 Å². The highest BCUT2D eigenvalue weighted by Crippen LogP contribution is 2.21. The maximum Gasteiger partial charge on any atom is 0.251 e. The van der Waals surface area contributed by atoms with Crippen LogP contribution in [0.1, 0.15) is 41.6 Å². The number of methoxy groups -OCH3 is 1. The van der Waals surface area contributed by atoms with Crippen molar-refractivity contribution < 1.29 is 14.3 Å². The highest BCUT2D eigenvalue weighted by molar-refractivity contribution is 5.97. The molecule has 0 bridgehead atoms. The summed E-state index contributed by atoms with van der Waals surface area (Å²) in [5.41, 5.74) is 3.27. The first kappa shape index (κ1) is 24.0. The number of para-hydroxylation sites is 2. The number of benzene rings is 3. The zero-order valence-electron chi connectivity index (χ0n) is 20.1. The number of nitrogens with one attached hydrogen (secondary N) is 3. The lowest BCUT2D eigenvalue weighted by molar-refractivity contribution is -0.124. The number of fused-ring (bicyclic) bond motifs is 1. The van der Waals surface area contributed by atoms with Crippen LogP contribution in [0.15, 0.2) is 78.9 Å². The largest absolute Gasteiger partial charge is 0.497 e. The Balaban J connectivity index is 1.55. The second-order valence-corrected chi connectivity index (χ2v) is 8.81. The van der Waals surface area contributed by atoms with Gasteiger partial charge in [-0.05, 0) is 54.3 Å². The summed E-state index contributed by atoms with van der Waals surface area (Å²) in [6.45, 7) is 3.82. The molecule has 7 nitrogen and oxygen atoms in total. The van der Waals surface area contributed by atoms with Crippen LogP contribution in [0.2, 0.25) is 0 Å². The second-order valence-electron chi connectivity index (χ2n) is 8.81. The molecule has 4 aromatic rings. The third-order valence-electron chi connectivity index (χ3n) is 5.92. The number of nitrogens with zero attached hydrogens (tertiary/aromatic N) is 1. The van der Waals surface area contributed by atoms with Crippen LogP contribution >= 0.6 is 0 Å². The predicted molar refractivity (Wildman–Crippen MR) is 136 cm³/mol. The van der Waals surface area contributed by atoms with Gasteiger partial charge in [0.15, 0.2) is 0 Å². The Morgan fingerprint density at radius 3 is 2.26 bits per heavy atom. The van der Waals surface area contributed by atoms with Crippen LogP contribution in [0, 0.1) is 5.92 Å². The number of carbonyl (C=O) groups is 2. The molecule has 0 spiro atoms. The van der Waals surface area contributed by atoms with Crippen molar-refractivity contribution in [3.05, 3.63) is 95.8 Å². The van der Waals surface area contributed by atoms with Crippen LogP contribution in [0.4, 0.5) is 0 Å². The van der Waals surface area contributed by atoms with Gasteiger partial charge in [0.1, 0.15) is 17.6 Å². The fourth-order valence-corrected chi connectivity index (χ4v) is 3.97. The van der Waals surface area contributed by atoms with Crippen LogP contribution in [0.25, 0.3) is 11.0 Å². The summed E-state index contributed by atoms with van der Waals surface area (Å²) in [6, 6.07) is 23.4. The van der Waals surface area contributed by atoms with Crippen molar-refractivity contribution in [2.24, 2.45) is 5.92 Å². The van der Waals surface area contributed by atoms with Gasteiger partial charge in [-0.2, -0.15) is 0 Å². The smallest absolute Gasteiger partial charge is 0.251 e. The molecule has 0 saturated carbocycles. The SMILES string of the molecule is COc1ccc(C(=O)N[C@@H](C(=O)N[C@H](Cc2ccccc2)c2nc3ccccc3[nH]2)C(C)C)cc1. The zero-order valence-corrected chi connectivity index (χ0v) is 20.1. The molecule has 0 aliphatic carbocycles. The quantitative estimate of drug-likeness (QED) is 0.337. The van der Waals surface area contributed by atoms with Crippen molar-refractivity contribution in [2.75, 3.05) is 7.11 Å². The molecule has 0 aliphatic rings. The standard InChI is InChI=1S/C28H30N4O3/c1-18(2)25(32-27(33)20-13-15-21(35-3)16-14-20)28(34)31-24(17-19-9-5-4-6-10-19)26-29-22-11-7-8-12-23(22)30-26/h4-16,18,24-25H,17H2,1-3H3,(H,29,30)(H,31,34)(H,32,33)/t24-,25-/m1/s1. The number of aromatic amines is 1. The molecule has 0 radical (unpaired) electrons. The first-order valence-corrected chi connectivity index (χ1v) is 11.7. The summed E-state index contributed by atoms with van der Waals surface area (Å²) in [6.07, 6.45) is 0.559. The third kappa shape index (κ3) is 5.87. The Labute approximate surface area is 204 Å². The van der Waals surface area contributed by atoms with Gasteiger partial charge in [-0.1, -0.05) is 56.3 Å². The molecule has 1 aromatic heterocycles. The van der Waals surface area contributed by atoms with Gasteiger partial charge in [0.05, 0.1) is 24.2 Å². The maximum atomic E-state index is 13.5. The molecule has 3 aromatic carbocycles. The molecule has 2 amide bonds. The van der Waals surface area contributed by atoms with Crippen molar-refractivity contribution in [1.29, 1.82) is 0 Å². The van der Waals surface area contributed by atoms with Crippen LogP contribution in [0.3, 0.4) is 0 Å². The van der Waals surface area contributed by atoms with E-state index in [9.17, 15) is 9.59 Å². The van der Waals surface area contributed by atoms with E-state index in [0.717, 1.165) is 16.6 Å². The van der Waals surface area contributed by atoms with E-state index in [2.05, 4.69) is 15.6 Å². The molecule has 4 rings (SSSR count). The van der Waals surface area contributed by atoms with Crippen molar-refractivity contribution in [1.82, 2.24) is 20.6 Å². The number of rotatable bonds is 9. The minimum Gasteiger partial charge on any atom is -0.497 e. The van der Waals surface area contributed by atoms with Crippen molar-refractivity contribution in [3.8, 4) is 5.75 Å². The number of aromatic nitrogens is 2. The highest BCUT2D eigenvalue weighted by atomic mass is 16.5. The van der Waals surface area contributed by atoms with Gasteiger partial charge in [0.25, 0.3) is 5.91 Å². The molecule has 0 aliphatic heterocycles. The Morgan fingerprint density at radius 2 is 1.60 bits per heavy atom. The van der Waals surface area contributed by atoms with E-state index in [1.54, 1.807) is 31.4 Å². The second kappa shape index (κ2) is 10.9. The minimum absolute atomic E-state index is 0.120. The molecule has 2 atom stereocenters. The van der Waals surface area contributed by atoms with E-state index >= 15 is 0 Å². The van der Waals surface area contributed by atoms with E-state index in [0.29, 0.717) is 23.6 Å². The van der Waals surface area contributed by atoms with Crippen molar-refractivity contribution >= 4 is 22.8 Å². The van der Waals surface area contributed by atoms with Gasteiger partial charge in [-0.3, -0.25) is 9.59 Å². The fourth-order valence-electron chi connectivity index (χ4n) is 3.97. The van der Waals surface area contributed by atoms with Gasteiger partial charge in [0, 0.05) is 5.56 Å². The van der Waals surface area contributed by atoms with Crippen molar-refractivity contribution in [2.45, 2.75) is 32.4 Å². The normalized spacial score (nSPS) is 12.8. The first-order chi connectivity index (χ1) is 16.9. The van der Waals surface area contributed by atoms with E-state index in [1.165, 1.54) is 0 Å². The van der Waals surface area contributed by atoms with Gasteiger partial charge >= 0.3 is 0 Å². The van der Waals surface area contributed by atoms with E-state index in [1.807, 2.05) is 68.4 Å². The molecule has 1 heterocycles. The first-order valence-electron chi connectivity index (χ1n) is 11.7. The van der Waals surface area contributed by atoms with Crippen LogP contribution in [-0.4, -0.2) is 34.9 Å². The van der Waals surface area contributed by atoms with Gasteiger partial charge < -0.3 is 20.4 Å². The number of carbonyl (C=O) groups excluding carboxylic acids is 2. The molecular weight excluding hydrogens is 440 g/mol. The molecule has 180 valence electrons. The summed E-state index contributed by atoms with van der Waals surface area (Å²) in [5.74, 6) is 0.639. The number of imidazole rings is 1. The zero-order chi connectivity index (χ0) is 24.8. The summed E-state index contributed by atoms with van der Waals surface area (Å²) in [7, 11) is 1.57. The number of hydrogen-bond donors (Lipinski definition) is 3. The summed E-state index contributed by atoms with van der Waals surface area (Å²) < 4.78 is 5.16. The van der Waals surface area contributed by atoms with Crippen LogP contribution < -0.4 is 15.4 Å². The molecule has 0 saturated heterocycles. The third-order valence-corrected chi connectivity index (χ3v) is 5.92. The van der Waals surface area contributed by atoms with Crippen LogP contribution in [0.5, 0.6) is 5.75 Å². The van der Waals surface area contributed by atoms with E-state index in [4.69, 9.17) is 9.72 Å².